The van der Waals surface area contributed by atoms with Gasteiger partial charge in [-0.15, -0.1) is 0 Å². The van der Waals surface area contributed by atoms with E-state index < -0.39 is 0 Å². The second-order valence-corrected chi connectivity index (χ2v) is 5.21. The summed E-state index contributed by atoms with van der Waals surface area (Å²) in [6.45, 7) is 5.88. The predicted molar refractivity (Wildman–Crippen MR) is 86.0 cm³/mol. The van der Waals surface area contributed by atoms with Gasteiger partial charge in [0.25, 0.3) is 0 Å². The fraction of sp³-hybridized carbons (Fsp3) is 0.333. The fourth-order valence-corrected chi connectivity index (χ4v) is 2.32. The Bertz CT molecular complexity index is 608. The fourth-order valence-electron chi connectivity index (χ4n) is 2.32. The van der Waals surface area contributed by atoms with Gasteiger partial charge in [-0.1, -0.05) is 29.8 Å². The zero-order chi connectivity index (χ0) is 15.2. The lowest BCUT2D eigenvalue weighted by Crippen LogP contribution is -2.14. The molecule has 21 heavy (non-hydrogen) atoms. The quantitative estimate of drug-likeness (QED) is 0.879. The summed E-state index contributed by atoms with van der Waals surface area (Å²) < 4.78 is 10.6. The molecule has 112 valence electrons. The topological polar surface area (TPSA) is 30.5 Å². The van der Waals surface area contributed by atoms with Crippen molar-refractivity contribution < 1.29 is 9.47 Å². The summed E-state index contributed by atoms with van der Waals surface area (Å²) in [6.07, 6.45) is 0. The highest BCUT2D eigenvalue weighted by molar-refractivity contribution is 5.40. The number of rotatable bonds is 6. The molecule has 3 nitrogen and oxygen atoms in total. The predicted octanol–water partition coefficient (Wildman–Crippen LogP) is 3.61. The lowest BCUT2D eigenvalue weighted by molar-refractivity contribution is 0.390. The Morgan fingerprint density at radius 3 is 2.33 bits per heavy atom. The smallest absolute Gasteiger partial charge is 0.127 e. The minimum atomic E-state index is 0.764. The first-order valence-corrected chi connectivity index (χ1v) is 7.12. The average molecular weight is 285 g/mol. The first-order valence-electron chi connectivity index (χ1n) is 7.12. The molecule has 2 aromatic carbocycles. The Kier molecular flexibility index (Phi) is 5.23. The van der Waals surface area contributed by atoms with Crippen molar-refractivity contribution in [1.82, 2.24) is 5.32 Å². The molecule has 0 bridgehead atoms. The maximum atomic E-state index is 5.41. The van der Waals surface area contributed by atoms with E-state index in [0.717, 1.165) is 30.2 Å². The van der Waals surface area contributed by atoms with E-state index in [0.29, 0.717) is 0 Å². The Hall–Kier alpha value is -2.00. The van der Waals surface area contributed by atoms with Gasteiger partial charge in [0.2, 0.25) is 0 Å². The van der Waals surface area contributed by atoms with Gasteiger partial charge in [-0.25, -0.2) is 0 Å². The second kappa shape index (κ2) is 7.14. The highest BCUT2D eigenvalue weighted by Crippen LogP contribution is 2.24. The Labute approximate surface area is 126 Å². The summed E-state index contributed by atoms with van der Waals surface area (Å²) in [4.78, 5) is 0. The van der Waals surface area contributed by atoms with Crippen LogP contribution in [0, 0.1) is 13.8 Å². The van der Waals surface area contributed by atoms with E-state index in [1.54, 1.807) is 14.2 Å². The third kappa shape index (κ3) is 3.99. The molecule has 0 aliphatic rings. The van der Waals surface area contributed by atoms with Crippen molar-refractivity contribution in [2.24, 2.45) is 0 Å². The van der Waals surface area contributed by atoms with E-state index in [9.17, 15) is 0 Å². The molecule has 0 atom stereocenters. The molecule has 2 rings (SSSR count). The van der Waals surface area contributed by atoms with E-state index in [1.165, 1.54) is 16.7 Å². The highest BCUT2D eigenvalue weighted by atomic mass is 16.5. The van der Waals surface area contributed by atoms with Gasteiger partial charge in [0, 0.05) is 24.7 Å². The Morgan fingerprint density at radius 1 is 0.857 bits per heavy atom. The molecule has 1 N–H and O–H groups in total. The largest absolute Gasteiger partial charge is 0.497 e. The van der Waals surface area contributed by atoms with Gasteiger partial charge in [-0.05, 0) is 31.0 Å². The van der Waals surface area contributed by atoms with E-state index >= 15 is 0 Å². The SMILES string of the molecule is COc1ccc(CNCc2cc(C)ccc2C)c(OC)c1. The van der Waals surface area contributed by atoms with Gasteiger partial charge in [-0.2, -0.15) is 0 Å². The molecular formula is C18H23NO2. The van der Waals surface area contributed by atoms with Crippen LogP contribution in [0.5, 0.6) is 11.5 Å². The van der Waals surface area contributed by atoms with Gasteiger partial charge in [0.1, 0.15) is 11.5 Å². The van der Waals surface area contributed by atoms with Crippen LogP contribution in [-0.2, 0) is 13.1 Å². The Morgan fingerprint density at radius 2 is 1.62 bits per heavy atom. The zero-order valence-electron chi connectivity index (χ0n) is 13.2. The molecule has 0 fully saturated rings. The molecular weight excluding hydrogens is 262 g/mol. The number of ether oxygens (including phenoxy) is 2. The van der Waals surface area contributed by atoms with Crippen molar-refractivity contribution in [2.75, 3.05) is 14.2 Å². The Balaban J connectivity index is 2.01. The van der Waals surface area contributed by atoms with E-state index in [4.69, 9.17) is 9.47 Å². The standard InChI is InChI=1S/C18H23NO2/c1-13-5-6-14(2)16(9-13)12-19-11-15-7-8-17(20-3)10-18(15)21-4/h5-10,19H,11-12H2,1-4H3. The molecule has 0 heterocycles. The second-order valence-electron chi connectivity index (χ2n) is 5.21. The van der Waals surface area contributed by atoms with Gasteiger partial charge in [-0.3, -0.25) is 0 Å². The summed E-state index contributed by atoms with van der Waals surface area (Å²) in [5, 5.41) is 3.48. The number of aryl methyl sites for hydroxylation is 2. The van der Waals surface area contributed by atoms with Crippen LogP contribution in [0.4, 0.5) is 0 Å². The zero-order valence-corrected chi connectivity index (χ0v) is 13.2. The van der Waals surface area contributed by atoms with Crippen molar-refractivity contribution in [3.63, 3.8) is 0 Å². The van der Waals surface area contributed by atoms with Crippen LogP contribution in [0.1, 0.15) is 22.3 Å². The van der Waals surface area contributed by atoms with Crippen molar-refractivity contribution in [2.45, 2.75) is 26.9 Å². The van der Waals surface area contributed by atoms with Crippen molar-refractivity contribution in [1.29, 1.82) is 0 Å². The number of hydrogen-bond donors (Lipinski definition) is 1. The van der Waals surface area contributed by atoms with Crippen LogP contribution in [0.2, 0.25) is 0 Å². The average Bonchev–Trinajstić information content (AvgIpc) is 2.50. The van der Waals surface area contributed by atoms with Gasteiger partial charge < -0.3 is 14.8 Å². The van der Waals surface area contributed by atoms with Crippen molar-refractivity contribution in [3.05, 3.63) is 58.7 Å². The summed E-state index contributed by atoms with van der Waals surface area (Å²) in [6, 6.07) is 12.4. The molecule has 0 unspecified atom stereocenters. The summed E-state index contributed by atoms with van der Waals surface area (Å²) in [5.74, 6) is 1.66. The number of hydrogen-bond acceptors (Lipinski definition) is 3. The highest BCUT2D eigenvalue weighted by Gasteiger charge is 2.05. The third-order valence-corrected chi connectivity index (χ3v) is 3.63. The first-order chi connectivity index (χ1) is 10.1. The molecule has 0 aromatic heterocycles. The van der Waals surface area contributed by atoms with Gasteiger partial charge >= 0.3 is 0 Å². The molecule has 3 heteroatoms. The molecule has 0 amide bonds. The molecule has 0 aliphatic carbocycles. The molecule has 0 radical (unpaired) electrons. The van der Waals surface area contributed by atoms with Crippen LogP contribution in [0.3, 0.4) is 0 Å². The van der Waals surface area contributed by atoms with E-state index in [2.05, 4.69) is 37.4 Å². The van der Waals surface area contributed by atoms with Crippen molar-refractivity contribution in [3.8, 4) is 11.5 Å². The molecule has 0 spiro atoms. The minimum absolute atomic E-state index is 0.764. The minimum Gasteiger partial charge on any atom is -0.497 e. The van der Waals surface area contributed by atoms with Crippen LogP contribution in [0.25, 0.3) is 0 Å². The maximum Gasteiger partial charge on any atom is 0.127 e. The van der Waals surface area contributed by atoms with Crippen molar-refractivity contribution >= 4 is 0 Å². The van der Waals surface area contributed by atoms with Crippen LogP contribution in [0.15, 0.2) is 36.4 Å². The van der Waals surface area contributed by atoms with Gasteiger partial charge in [0.15, 0.2) is 0 Å². The lowest BCUT2D eigenvalue weighted by Gasteiger charge is -2.12. The lowest BCUT2D eigenvalue weighted by atomic mass is 10.1. The first kappa shape index (κ1) is 15.4. The summed E-state index contributed by atoms with van der Waals surface area (Å²) in [7, 11) is 3.34. The molecule has 0 saturated carbocycles. The normalized spacial score (nSPS) is 10.5. The van der Waals surface area contributed by atoms with Crippen LogP contribution < -0.4 is 14.8 Å². The maximum absolute atomic E-state index is 5.41. The molecule has 2 aromatic rings. The van der Waals surface area contributed by atoms with E-state index in [1.807, 2.05) is 18.2 Å². The monoisotopic (exact) mass is 285 g/mol. The number of nitrogens with one attached hydrogen (secondary N) is 1. The molecule has 0 saturated heterocycles. The summed E-state index contributed by atoms with van der Waals surface area (Å²) in [5.41, 5.74) is 5.07. The van der Waals surface area contributed by atoms with E-state index in [-0.39, 0.29) is 0 Å². The van der Waals surface area contributed by atoms with Crippen LogP contribution in [-0.4, -0.2) is 14.2 Å². The third-order valence-electron chi connectivity index (χ3n) is 3.63. The summed E-state index contributed by atoms with van der Waals surface area (Å²) >= 11 is 0. The molecule has 0 aliphatic heterocycles. The number of methoxy groups -OCH3 is 2. The number of benzene rings is 2. The van der Waals surface area contributed by atoms with Crippen LogP contribution >= 0.6 is 0 Å². The van der Waals surface area contributed by atoms with Gasteiger partial charge in [0.05, 0.1) is 14.2 Å².